The summed E-state index contributed by atoms with van der Waals surface area (Å²) in [6, 6.07) is 5.72. The van der Waals surface area contributed by atoms with E-state index in [9.17, 15) is 9.90 Å². The first kappa shape index (κ1) is 17.9. The second-order valence-corrected chi connectivity index (χ2v) is 6.80. The van der Waals surface area contributed by atoms with Gasteiger partial charge in [-0.15, -0.1) is 0 Å². The van der Waals surface area contributed by atoms with Crippen LogP contribution in [0.4, 0.5) is 0 Å². The Morgan fingerprint density at radius 3 is 2.71 bits per heavy atom. The molecule has 28 heavy (non-hydrogen) atoms. The molecule has 2 N–H and O–H groups in total. The summed E-state index contributed by atoms with van der Waals surface area (Å²) >= 11 is 0. The van der Waals surface area contributed by atoms with Gasteiger partial charge in [0.05, 0.1) is 5.69 Å². The summed E-state index contributed by atoms with van der Waals surface area (Å²) < 4.78 is 1.81. The van der Waals surface area contributed by atoms with E-state index in [4.69, 9.17) is 0 Å². The maximum absolute atomic E-state index is 12.1. The number of hydrogen-bond acceptors (Lipinski definition) is 5. The van der Waals surface area contributed by atoms with E-state index in [0.29, 0.717) is 5.56 Å². The first-order valence-corrected chi connectivity index (χ1v) is 8.76. The Morgan fingerprint density at radius 1 is 1.21 bits per heavy atom. The van der Waals surface area contributed by atoms with E-state index in [1.165, 1.54) is 11.1 Å². The predicted molar refractivity (Wildman–Crippen MR) is 105 cm³/mol. The number of aliphatic hydroxyl groups excluding tert-OH is 1. The monoisotopic (exact) mass is 376 g/mol. The highest BCUT2D eigenvalue weighted by molar-refractivity contribution is 5.95. The Kier molecular flexibility index (Phi) is 4.40. The fourth-order valence-electron chi connectivity index (χ4n) is 3.16. The molecule has 0 aromatic carbocycles. The van der Waals surface area contributed by atoms with Crippen LogP contribution in [0.25, 0.3) is 33.4 Å². The third kappa shape index (κ3) is 3.03. The van der Waals surface area contributed by atoms with E-state index in [-0.39, 0.29) is 0 Å². The van der Waals surface area contributed by atoms with E-state index in [0.717, 1.165) is 33.4 Å². The van der Waals surface area contributed by atoms with Crippen LogP contribution in [0.15, 0.2) is 49.2 Å². The Balaban J connectivity index is 1.77. The minimum atomic E-state index is -1.25. The predicted octanol–water partition coefficient (Wildman–Crippen LogP) is 2.15. The molecule has 0 bridgehead atoms. The van der Waals surface area contributed by atoms with Crippen molar-refractivity contribution in [1.29, 1.82) is 0 Å². The lowest BCUT2D eigenvalue weighted by atomic mass is 10.0. The van der Waals surface area contributed by atoms with Crippen LogP contribution >= 0.6 is 0 Å². The van der Waals surface area contributed by atoms with Crippen LogP contribution in [0, 0.1) is 0 Å². The van der Waals surface area contributed by atoms with Gasteiger partial charge >= 0.3 is 0 Å². The first-order chi connectivity index (χ1) is 13.5. The highest BCUT2D eigenvalue weighted by Crippen LogP contribution is 2.31. The fraction of sp³-hybridized carbons (Fsp3) is 0.200. The van der Waals surface area contributed by atoms with Gasteiger partial charge in [-0.3, -0.25) is 14.5 Å². The van der Waals surface area contributed by atoms with Crippen molar-refractivity contribution in [3.8, 4) is 22.4 Å². The largest absolute Gasteiger partial charge is 0.378 e. The van der Waals surface area contributed by atoms with E-state index in [1.807, 2.05) is 25.4 Å². The summed E-state index contributed by atoms with van der Waals surface area (Å²) in [7, 11) is 5.10. The van der Waals surface area contributed by atoms with Crippen LogP contribution in [0.1, 0.15) is 11.7 Å². The zero-order valence-corrected chi connectivity index (χ0v) is 15.8. The molecular formula is C20H20N6O2. The van der Waals surface area contributed by atoms with Crippen LogP contribution in [-0.2, 0) is 11.8 Å². The molecule has 4 aromatic heterocycles. The van der Waals surface area contributed by atoms with Crippen LogP contribution in [0.2, 0.25) is 0 Å². The van der Waals surface area contributed by atoms with Gasteiger partial charge in [0, 0.05) is 79.8 Å². The molecule has 142 valence electrons. The number of carbonyl (C=O) groups is 1. The summed E-state index contributed by atoms with van der Waals surface area (Å²) in [5.41, 5.74) is 4.80. The number of nitrogens with zero attached hydrogens (tertiary/aromatic N) is 5. The number of aromatic amines is 1. The summed E-state index contributed by atoms with van der Waals surface area (Å²) in [6.07, 6.45) is 7.34. The molecule has 4 rings (SSSR count). The maximum atomic E-state index is 12.1. The van der Waals surface area contributed by atoms with E-state index >= 15 is 0 Å². The van der Waals surface area contributed by atoms with Gasteiger partial charge in [0.25, 0.3) is 5.91 Å². The lowest BCUT2D eigenvalue weighted by molar-refractivity contribution is -0.137. The molecule has 1 amide bonds. The molecule has 8 heteroatoms. The second-order valence-electron chi connectivity index (χ2n) is 6.80. The Hall–Kier alpha value is -3.52. The Labute approximate surface area is 161 Å². The third-order valence-electron chi connectivity index (χ3n) is 4.71. The van der Waals surface area contributed by atoms with Crippen LogP contribution in [0.3, 0.4) is 0 Å². The Bertz CT molecular complexity index is 1160. The van der Waals surface area contributed by atoms with Crippen molar-refractivity contribution < 1.29 is 9.90 Å². The molecule has 8 nitrogen and oxygen atoms in total. The van der Waals surface area contributed by atoms with Crippen molar-refractivity contribution in [2.45, 2.75) is 6.10 Å². The average molecular weight is 376 g/mol. The minimum Gasteiger partial charge on any atom is -0.378 e. The molecule has 0 aliphatic carbocycles. The Morgan fingerprint density at radius 2 is 2.00 bits per heavy atom. The number of nitrogens with one attached hydrogen (secondary N) is 1. The molecule has 4 aromatic rings. The van der Waals surface area contributed by atoms with Crippen molar-refractivity contribution >= 4 is 16.9 Å². The quantitative estimate of drug-likeness (QED) is 0.568. The molecule has 0 radical (unpaired) electrons. The molecule has 1 atom stereocenters. The number of rotatable bonds is 4. The topological polar surface area (TPSA) is 99.9 Å². The van der Waals surface area contributed by atoms with Gasteiger partial charge in [0.15, 0.2) is 6.10 Å². The number of likely N-dealkylation sites (N-methyl/N-ethyl adjacent to an activating group) is 1. The number of aryl methyl sites for hydroxylation is 1. The maximum Gasteiger partial charge on any atom is 0.255 e. The number of aliphatic hydroxyl groups is 1. The number of pyridine rings is 2. The zero-order chi connectivity index (χ0) is 19.8. The van der Waals surface area contributed by atoms with Gasteiger partial charge in [0.2, 0.25) is 0 Å². The molecule has 0 aliphatic rings. The third-order valence-corrected chi connectivity index (χ3v) is 4.71. The average Bonchev–Trinajstić information content (AvgIpc) is 3.31. The summed E-state index contributed by atoms with van der Waals surface area (Å²) in [4.78, 5) is 25.3. The number of fused-ring (bicyclic) bond motifs is 1. The highest BCUT2D eigenvalue weighted by atomic mass is 16.3. The summed E-state index contributed by atoms with van der Waals surface area (Å²) in [5.74, 6) is -0.392. The molecule has 1 unspecified atom stereocenters. The van der Waals surface area contributed by atoms with E-state index in [2.05, 4.69) is 20.1 Å². The fourth-order valence-corrected chi connectivity index (χ4v) is 3.16. The van der Waals surface area contributed by atoms with Gasteiger partial charge in [-0.25, -0.2) is 4.98 Å². The van der Waals surface area contributed by atoms with Crippen LogP contribution in [-0.4, -0.2) is 54.7 Å². The number of H-pyrrole nitrogens is 1. The molecule has 0 spiro atoms. The van der Waals surface area contributed by atoms with Gasteiger partial charge in [-0.2, -0.15) is 5.10 Å². The minimum absolute atomic E-state index is 0.392. The molecule has 0 fully saturated rings. The van der Waals surface area contributed by atoms with Gasteiger partial charge in [-0.1, -0.05) is 0 Å². The van der Waals surface area contributed by atoms with Crippen LogP contribution in [0.5, 0.6) is 0 Å². The standard InChI is InChI=1S/C20H20N6O2/c1-25(2)20(28)18(27)14-6-12(8-21-9-14)13-7-15-16(11-23-19(15)22-10-13)17-4-5-24-26(17)3/h4-11,18,27H,1-3H3,(H,22,23). The lowest BCUT2D eigenvalue weighted by Gasteiger charge is -2.16. The number of hydrogen-bond donors (Lipinski definition) is 2. The van der Waals surface area contributed by atoms with Crippen molar-refractivity contribution in [2.75, 3.05) is 14.1 Å². The number of carbonyl (C=O) groups excluding carboxylic acids is 1. The number of amides is 1. The SMILES string of the molecule is CN(C)C(=O)C(O)c1cncc(-c2cnc3[nH]cc(-c4ccnn4C)c3c2)c1. The summed E-state index contributed by atoms with van der Waals surface area (Å²) in [6.45, 7) is 0. The lowest BCUT2D eigenvalue weighted by Crippen LogP contribution is -2.28. The second kappa shape index (κ2) is 6.90. The van der Waals surface area contributed by atoms with Crippen LogP contribution < -0.4 is 0 Å². The van der Waals surface area contributed by atoms with E-state index in [1.54, 1.807) is 43.4 Å². The summed E-state index contributed by atoms with van der Waals surface area (Å²) in [5, 5.41) is 15.5. The van der Waals surface area contributed by atoms with E-state index < -0.39 is 12.0 Å². The van der Waals surface area contributed by atoms with Crippen molar-refractivity contribution in [1.82, 2.24) is 29.6 Å². The van der Waals surface area contributed by atoms with Crippen molar-refractivity contribution in [3.63, 3.8) is 0 Å². The van der Waals surface area contributed by atoms with Gasteiger partial charge in [-0.05, 0) is 18.2 Å². The zero-order valence-electron chi connectivity index (χ0n) is 15.8. The van der Waals surface area contributed by atoms with Crippen molar-refractivity contribution in [3.05, 3.63) is 54.7 Å². The van der Waals surface area contributed by atoms with Gasteiger partial charge in [0.1, 0.15) is 5.65 Å². The molecule has 0 saturated carbocycles. The normalized spacial score (nSPS) is 12.3. The first-order valence-electron chi connectivity index (χ1n) is 8.76. The molecular weight excluding hydrogens is 356 g/mol. The molecule has 4 heterocycles. The van der Waals surface area contributed by atoms with Gasteiger partial charge < -0.3 is 15.0 Å². The molecule has 0 aliphatic heterocycles. The van der Waals surface area contributed by atoms with Crippen molar-refractivity contribution in [2.24, 2.45) is 7.05 Å². The smallest absolute Gasteiger partial charge is 0.255 e. The molecule has 0 saturated heterocycles. The highest BCUT2D eigenvalue weighted by Gasteiger charge is 2.20. The number of aromatic nitrogens is 5.